The first-order valence-electron chi connectivity index (χ1n) is 4.31. The van der Waals surface area contributed by atoms with Crippen LogP contribution < -0.4 is 11.1 Å². The van der Waals surface area contributed by atoms with E-state index in [2.05, 4.69) is 5.32 Å². The average molecular weight is 210 g/mol. The number of aliphatic hydroxyl groups is 1. The SMILES string of the molecule is CC(O)S(=O)(=O)CCCNCCN. The molecule has 0 aromatic carbocycles. The normalized spacial score (nSPS) is 14.4. The largest absolute Gasteiger partial charge is 0.377 e. The van der Waals surface area contributed by atoms with E-state index < -0.39 is 15.3 Å². The number of rotatable bonds is 7. The van der Waals surface area contributed by atoms with Crippen LogP contribution in [0.25, 0.3) is 0 Å². The van der Waals surface area contributed by atoms with Crippen molar-refractivity contribution < 1.29 is 13.5 Å². The first-order chi connectivity index (χ1) is 6.00. The van der Waals surface area contributed by atoms with Gasteiger partial charge in [-0.1, -0.05) is 0 Å². The molecule has 0 aliphatic heterocycles. The molecule has 0 aliphatic carbocycles. The third-order valence-electron chi connectivity index (χ3n) is 1.62. The lowest BCUT2D eigenvalue weighted by atomic mass is 10.5. The van der Waals surface area contributed by atoms with Crippen LogP contribution in [0.1, 0.15) is 13.3 Å². The molecular formula is C7H18N2O3S. The van der Waals surface area contributed by atoms with Gasteiger partial charge in [-0.15, -0.1) is 0 Å². The monoisotopic (exact) mass is 210 g/mol. The molecule has 0 aromatic rings. The minimum atomic E-state index is -3.30. The highest BCUT2D eigenvalue weighted by Gasteiger charge is 2.16. The standard InChI is InChI=1S/C7H18N2O3S/c1-7(10)13(11,12)6-2-4-9-5-3-8/h7,9-10H,2-6,8H2,1H3. The second-order valence-electron chi connectivity index (χ2n) is 2.86. The summed E-state index contributed by atoms with van der Waals surface area (Å²) in [6.45, 7) is 3.11. The third kappa shape index (κ3) is 5.98. The Kier molecular flexibility index (Phi) is 6.23. The highest BCUT2D eigenvalue weighted by atomic mass is 32.2. The maximum atomic E-state index is 11.1. The first kappa shape index (κ1) is 12.8. The smallest absolute Gasteiger partial charge is 0.176 e. The van der Waals surface area contributed by atoms with Crippen molar-refractivity contribution in [3.63, 3.8) is 0 Å². The van der Waals surface area contributed by atoms with Crippen molar-refractivity contribution in [2.24, 2.45) is 5.73 Å². The van der Waals surface area contributed by atoms with Gasteiger partial charge in [0.05, 0.1) is 5.75 Å². The molecule has 0 rings (SSSR count). The van der Waals surface area contributed by atoms with Crippen molar-refractivity contribution in [1.29, 1.82) is 0 Å². The van der Waals surface area contributed by atoms with Gasteiger partial charge in [0.15, 0.2) is 15.3 Å². The minimum absolute atomic E-state index is 0.0161. The Balaban J connectivity index is 3.53. The van der Waals surface area contributed by atoms with E-state index in [1.807, 2.05) is 0 Å². The van der Waals surface area contributed by atoms with Crippen molar-refractivity contribution in [3.8, 4) is 0 Å². The first-order valence-corrected chi connectivity index (χ1v) is 6.02. The van der Waals surface area contributed by atoms with E-state index in [1.165, 1.54) is 6.92 Å². The summed E-state index contributed by atoms with van der Waals surface area (Å²) in [6, 6.07) is 0. The molecule has 0 heterocycles. The summed E-state index contributed by atoms with van der Waals surface area (Å²) in [7, 11) is -3.30. The van der Waals surface area contributed by atoms with Crippen LogP contribution in [0, 0.1) is 0 Å². The summed E-state index contributed by atoms with van der Waals surface area (Å²) in [6.07, 6.45) is 0.507. The molecule has 6 heteroatoms. The topological polar surface area (TPSA) is 92.4 Å². The molecule has 0 radical (unpaired) electrons. The second-order valence-corrected chi connectivity index (χ2v) is 5.27. The van der Waals surface area contributed by atoms with Gasteiger partial charge in [0.2, 0.25) is 0 Å². The van der Waals surface area contributed by atoms with Gasteiger partial charge in [0, 0.05) is 13.1 Å². The fourth-order valence-corrected chi connectivity index (χ4v) is 1.68. The quantitative estimate of drug-likeness (QED) is 0.453. The molecule has 13 heavy (non-hydrogen) atoms. The number of aliphatic hydroxyl groups excluding tert-OH is 1. The van der Waals surface area contributed by atoms with Crippen molar-refractivity contribution in [1.82, 2.24) is 5.32 Å². The third-order valence-corrected chi connectivity index (χ3v) is 3.52. The number of hydrogen-bond acceptors (Lipinski definition) is 5. The van der Waals surface area contributed by atoms with Gasteiger partial charge in [-0.05, 0) is 19.9 Å². The molecule has 0 amide bonds. The maximum absolute atomic E-state index is 11.1. The molecule has 0 fully saturated rings. The molecule has 0 spiro atoms. The van der Waals surface area contributed by atoms with Gasteiger partial charge in [0.1, 0.15) is 0 Å². The Morgan fingerprint density at radius 1 is 1.46 bits per heavy atom. The lowest BCUT2D eigenvalue weighted by Gasteiger charge is -2.06. The van der Waals surface area contributed by atoms with E-state index in [9.17, 15) is 8.42 Å². The molecule has 0 aromatic heterocycles. The van der Waals surface area contributed by atoms with E-state index in [-0.39, 0.29) is 5.75 Å². The zero-order valence-electron chi connectivity index (χ0n) is 7.86. The molecule has 1 unspecified atom stereocenters. The summed E-state index contributed by atoms with van der Waals surface area (Å²) >= 11 is 0. The zero-order chi connectivity index (χ0) is 10.3. The van der Waals surface area contributed by atoms with Crippen molar-refractivity contribution in [2.75, 3.05) is 25.4 Å². The summed E-state index contributed by atoms with van der Waals surface area (Å²) in [5.41, 5.74) is 3.96. The number of nitrogens with two attached hydrogens (primary N) is 1. The van der Waals surface area contributed by atoms with Crippen molar-refractivity contribution in [3.05, 3.63) is 0 Å². The Hall–Kier alpha value is -0.170. The van der Waals surface area contributed by atoms with E-state index in [4.69, 9.17) is 10.8 Å². The predicted molar refractivity (Wildman–Crippen MR) is 52.0 cm³/mol. The van der Waals surface area contributed by atoms with Crippen LogP contribution in [-0.4, -0.2) is 44.3 Å². The molecule has 0 saturated heterocycles. The number of sulfone groups is 1. The maximum Gasteiger partial charge on any atom is 0.176 e. The molecule has 0 aliphatic rings. The minimum Gasteiger partial charge on any atom is -0.377 e. The van der Waals surface area contributed by atoms with Crippen LogP contribution in [0.4, 0.5) is 0 Å². The van der Waals surface area contributed by atoms with Crippen LogP contribution in [0.2, 0.25) is 0 Å². The number of nitrogens with one attached hydrogen (secondary N) is 1. The Bertz CT molecular complexity index is 214. The van der Waals surface area contributed by atoms with Crippen LogP contribution in [0.3, 0.4) is 0 Å². The predicted octanol–water partition coefficient (Wildman–Crippen LogP) is -1.32. The Morgan fingerprint density at radius 2 is 2.08 bits per heavy atom. The molecule has 0 bridgehead atoms. The highest BCUT2D eigenvalue weighted by Crippen LogP contribution is 1.99. The molecule has 80 valence electrons. The second kappa shape index (κ2) is 6.31. The van der Waals surface area contributed by atoms with Crippen LogP contribution in [-0.2, 0) is 9.84 Å². The van der Waals surface area contributed by atoms with Gasteiger partial charge in [-0.25, -0.2) is 8.42 Å². The highest BCUT2D eigenvalue weighted by molar-refractivity contribution is 7.91. The van der Waals surface area contributed by atoms with E-state index in [1.54, 1.807) is 0 Å². The van der Waals surface area contributed by atoms with Crippen LogP contribution >= 0.6 is 0 Å². The van der Waals surface area contributed by atoms with Crippen molar-refractivity contribution >= 4 is 9.84 Å². The summed E-state index contributed by atoms with van der Waals surface area (Å²) in [5, 5.41) is 11.8. The molecule has 0 saturated carbocycles. The fraction of sp³-hybridized carbons (Fsp3) is 1.00. The molecule has 4 N–H and O–H groups in total. The van der Waals surface area contributed by atoms with Gasteiger partial charge < -0.3 is 16.2 Å². The summed E-state index contributed by atoms with van der Waals surface area (Å²) < 4.78 is 22.1. The average Bonchev–Trinajstić information content (AvgIpc) is 2.03. The summed E-state index contributed by atoms with van der Waals surface area (Å²) in [5.74, 6) is 0.0161. The van der Waals surface area contributed by atoms with E-state index in [0.29, 0.717) is 26.1 Å². The van der Waals surface area contributed by atoms with Gasteiger partial charge >= 0.3 is 0 Å². The Morgan fingerprint density at radius 3 is 2.54 bits per heavy atom. The van der Waals surface area contributed by atoms with Gasteiger partial charge in [-0.3, -0.25) is 0 Å². The van der Waals surface area contributed by atoms with E-state index in [0.717, 1.165) is 0 Å². The summed E-state index contributed by atoms with van der Waals surface area (Å²) in [4.78, 5) is 0. The number of hydrogen-bond donors (Lipinski definition) is 3. The molecular weight excluding hydrogens is 192 g/mol. The van der Waals surface area contributed by atoms with E-state index >= 15 is 0 Å². The van der Waals surface area contributed by atoms with Gasteiger partial charge in [0.25, 0.3) is 0 Å². The van der Waals surface area contributed by atoms with Gasteiger partial charge in [-0.2, -0.15) is 0 Å². The lowest BCUT2D eigenvalue weighted by Crippen LogP contribution is -2.26. The lowest BCUT2D eigenvalue weighted by molar-refractivity contribution is 0.268. The molecule has 5 nitrogen and oxygen atoms in total. The fourth-order valence-electron chi connectivity index (χ4n) is 0.796. The molecule has 1 atom stereocenters. The zero-order valence-corrected chi connectivity index (χ0v) is 8.68. The Labute approximate surface area is 79.2 Å². The van der Waals surface area contributed by atoms with Crippen molar-refractivity contribution in [2.45, 2.75) is 18.8 Å². The van der Waals surface area contributed by atoms with Crippen LogP contribution in [0.15, 0.2) is 0 Å². The van der Waals surface area contributed by atoms with Crippen LogP contribution in [0.5, 0.6) is 0 Å².